The molecule has 0 aliphatic heterocycles. The smallest absolute Gasteiger partial charge is 0.191 e. The van der Waals surface area contributed by atoms with Crippen LogP contribution >= 0.6 is 0 Å². The molecule has 4 heteroatoms. The second kappa shape index (κ2) is 6.82. The van der Waals surface area contributed by atoms with E-state index in [9.17, 15) is 5.26 Å². The van der Waals surface area contributed by atoms with Gasteiger partial charge in [0.15, 0.2) is 8.32 Å². The van der Waals surface area contributed by atoms with Crippen molar-refractivity contribution in [1.82, 2.24) is 4.98 Å². The second-order valence-corrected chi connectivity index (χ2v) is 12.3. The number of nitrogens with zero attached hydrogens (tertiary/aromatic N) is 2. The second-order valence-electron chi connectivity index (χ2n) is 7.48. The fourth-order valence-electron chi connectivity index (χ4n) is 2.35. The van der Waals surface area contributed by atoms with Crippen molar-refractivity contribution in [2.24, 2.45) is 0 Å². The van der Waals surface area contributed by atoms with Crippen LogP contribution in [0.3, 0.4) is 0 Å². The Kier molecular flexibility index (Phi) is 5.23. The summed E-state index contributed by atoms with van der Waals surface area (Å²) in [6.07, 6.45) is 3.63. The maximum absolute atomic E-state index is 9.22. The standard InChI is InChI=1S/C19H26N2OSi/c1-19(2,3)23(4,5)22-13-7-10-18-17-9-6-8-15(14-20)16(17)11-12-21-18/h6,8-9,11-12H,7,10,13H2,1-5H3. The molecule has 0 aliphatic carbocycles. The van der Waals surface area contributed by atoms with Crippen LogP contribution in [-0.2, 0) is 10.8 Å². The molecule has 0 saturated heterocycles. The average molecular weight is 327 g/mol. The largest absolute Gasteiger partial charge is 0.417 e. The van der Waals surface area contributed by atoms with Crippen LogP contribution < -0.4 is 0 Å². The molecule has 3 nitrogen and oxygen atoms in total. The molecule has 2 aromatic rings. The number of benzene rings is 1. The van der Waals surface area contributed by atoms with E-state index in [1.165, 1.54) is 0 Å². The van der Waals surface area contributed by atoms with Crippen molar-refractivity contribution in [2.45, 2.75) is 51.7 Å². The zero-order valence-corrected chi connectivity index (χ0v) is 15.8. The van der Waals surface area contributed by atoms with Crippen LogP contribution in [0.25, 0.3) is 10.8 Å². The van der Waals surface area contributed by atoms with E-state index in [0.717, 1.165) is 35.9 Å². The van der Waals surface area contributed by atoms with Gasteiger partial charge in [0, 0.05) is 29.3 Å². The van der Waals surface area contributed by atoms with E-state index in [4.69, 9.17) is 4.43 Å². The molecule has 2 rings (SSSR count). The predicted octanol–water partition coefficient (Wildman–Crippen LogP) is 5.06. The van der Waals surface area contributed by atoms with Gasteiger partial charge in [0.05, 0.1) is 11.6 Å². The predicted molar refractivity (Wildman–Crippen MR) is 97.9 cm³/mol. The van der Waals surface area contributed by atoms with Gasteiger partial charge in [0.25, 0.3) is 0 Å². The van der Waals surface area contributed by atoms with Crippen LogP contribution in [0.4, 0.5) is 0 Å². The average Bonchev–Trinajstić information content (AvgIpc) is 2.50. The summed E-state index contributed by atoms with van der Waals surface area (Å²) in [5, 5.41) is 11.5. The molecule has 1 aromatic heterocycles. The Hall–Kier alpha value is -1.70. The molecule has 1 heterocycles. The van der Waals surface area contributed by atoms with Gasteiger partial charge in [-0.25, -0.2) is 0 Å². The van der Waals surface area contributed by atoms with Gasteiger partial charge >= 0.3 is 0 Å². The summed E-state index contributed by atoms with van der Waals surface area (Å²) in [6, 6.07) is 10.0. The van der Waals surface area contributed by atoms with E-state index in [2.05, 4.69) is 44.9 Å². The van der Waals surface area contributed by atoms with Crippen LogP contribution in [0, 0.1) is 11.3 Å². The Labute approximate surface area is 140 Å². The number of rotatable bonds is 5. The zero-order valence-electron chi connectivity index (χ0n) is 14.8. The van der Waals surface area contributed by atoms with Gasteiger partial charge in [-0.3, -0.25) is 4.98 Å². The number of aryl methyl sites for hydroxylation is 1. The third-order valence-corrected chi connectivity index (χ3v) is 9.37. The summed E-state index contributed by atoms with van der Waals surface area (Å²) in [5.41, 5.74) is 1.77. The monoisotopic (exact) mass is 326 g/mol. The highest BCUT2D eigenvalue weighted by molar-refractivity contribution is 6.74. The molecule has 23 heavy (non-hydrogen) atoms. The third-order valence-electron chi connectivity index (χ3n) is 4.84. The van der Waals surface area contributed by atoms with Crippen molar-refractivity contribution in [3.8, 4) is 6.07 Å². The number of nitriles is 1. The molecule has 122 valence electrons. The number of aromatic nitrogens is 1. The summed E-state index contributed by atoms with van der Waals surface area (Å²) in [7, 11) is -1.67. The lowest BCUT2D eigenvalue weighted by Crippen LogP contribution is -2.41. The van der Waals surface area contributed by atoms with Crippen molar-refractivity contribution in [1.29, 1.82) is 5.26 Å². The first kappa shape index (κ1) is 17.6. The van der Waals surface area contributed by atoms with Crippen molar-refractivity contribution >= 4 is 19.1 Å². The van der Waals surface area contributed by atoms with Crippen LogP contribution in [0.15, 0.2) is 30.5 Å². The summed E-state index contributed by atoms with van der Waals surface area (Å²) in [6.45, 7) is 12.1. The normalized spacial score (nSPS) is 12.3. The number of hydrogen-bond acceptors (Lipinski definition) is 3. The maximum atomic E-state index is 9.22. The Bertz CT molecular complexity index is 726. The molecule has 0 spiro atoms. The highest BCUT2D eigenvalue weighted by atomic mass is 28.4. The topological polar surface area (TPSA) is 45.9 Å². The van der Waals surface area contributed by atoms with Gasteiger partial charge in [-0.2, -0.15) is 5.26 Å². The SMILES string of the molecule is CC(C)(C)[Si](C)(C)OCCCc1nccc2c(C#N)cccc12. The van der Waals surface area contributed by atoms with Crippen LogP contribution in [0.1, 0.15) is 38.4 Å². The Morgan fingerprint density at radius 1 is 1.17 bits per heavy atom. The summed E-state index contributed by atoms with van der Waals surface area (Å²) in [5.74, 6) is 0. The summed E-state index contributed by atoms with van der Waals surface area (Å²) >= 11 is 0. The van der Waals surface area contributed by atoms with E-state index in [-0.39, 0.29) is 5.04 Å². The lowest BCUT2D eigenvalue weighted by molar-refractivity contribution is 0.282. The maximum Gasteiger partial charge on any atom is 0.191 e. The highest BCUT2D eigenvalue weighted by Crippen LogP contribution is 2.36. The molecule has 0 amide bonds. The minimum atomic E-state index is -1.67. The molecular weight excluding hydrogens is 300 g/mol. The fraction of sp³-hybridized carbons (Fsp3) is 0.474. The molecule has 0 fully saturated rings. The molecule has 0 atom stereocenters. The van der Waals surface area contributed by atoms with Gasteiger partial charge in [0.1, 0.15) is 0 Å². The lowest BCUT2D eigenvalue weighted by Gasteiger charge is -2.36. The molecule has 0 radical (unpaired) electrons. The van der Waals surface area contributed by atoms with Gasteiger partial charge in [-0.05, 0) is 43.1 Å². The quantitative estimate of drug-likeness (QED) is 0.570. The van der Waals surface area contributed by atoms with Crippen molar-refractivity contribution in [3.63, 3.8) is 0 Å². The minimum absolute atomic E-state index is 0.242. The number of hydrogen-bond donors (Lipinski definition) is 0. The number of pyridine rings is 1. The van der Waals surface area contributed by atoms with Gasteiger partial charge in [0.2, 0.25) is 0 Å². The highest BCUT2D eigenvalue weighted by Gasteiger charge is 2.36. The zero-order chi connectivity index (χ0) is 17.1. The molecule has 1 aromatic carbocycles. The molecule has 0 aliphatic rings. The van der Waals surface area contributed by atoms with E-state index in [1.54, 1.807) is 6.20 Å². The Morgan fingerprint density at radius 3 is 2.57 bits per heavy atom. The molecular formula is C19H26N2OSi. The van der Waals surface area contributed by atoms with Crippen LogP contribution in [0.2, 0.25) is 18.1 Å². The van der Waals surface area contributed by atoms with E-state index < -0.39 is 8.32 Å². The first-order valence-electron chi connectivity index (χ1n) is 8.17. The van der Waals surface area contributed by atoms with Crippen molar-refractivity contribution in [2.75, 3.05) is 6.61 Å². The van der Waals surface area contributed by atoms with E-state index in [1.807, 2.05) is 24.3 Å². The third kappa shape index (κ3) is 3.98. The lowest BCUT2D eigenvalue weighted by atomic mass is 10.0. The van der Waals surface area contributed by atoms with Crippen molar-refractivity contribution in [3.05, 3.63) is 41.7 Å². The van der Waals surface area contributed by atoms with Crippen LogP contribution in [0.5, 0.6) is 0 Å². The first-order valence-corrected chi connectivity index (χ1v) is 11.1. The van der Waals surface area contributed by atoms with Gasteiger partial charge in [-0.15, -0.1) is 0 Å². The molecule has 0 saturated carbocycles. The van der Waals surface area contributed by atoms with Crippen LogP contribution in [-0.4, -0.2) is 19.9 Å². The van der Waals surface area contributed by atoms with Crippen molar-refractivity contribution < 1.29 is 4.43 Å². The summed E-state index contributed by atoms with van der Waals surface area (Å²) in [4.78, 5) is 4.51. The molecule has 0 unspecified atom stereocenters. The minimum Gasteiger partial charge on any atom is -0.417 e. The first-order chi connectivity index (χ1) is 10.8. The Balaban J connectivity index is 2.05. The Morgan fingerprint density at radius 2 is 1.91 bits per heavy atom. The van der Waals surface area contributed by atoms with E-state index >= 15 is 0 Å². The number of fused-ring (bicyclic) bond motifs is 1. The van der Waals surface area contributed by atoms with E-state index in [0.29, 0.717) is 5.56 Å². The van der Waals surface area contributed by atoms with Gasteiger partial charge < -0.3 is 4.43 Å². The molecule has 0 N–H and O–H groups in total. The summed E-state index contributed by atoms with van der Waals surface area (Å²) < 4.78 is 6.23. The van der Waals surface area contributed by atoms with Gasteiger partial charge in [-0.1, -0.05) is 32.9 Å². The fourth-order valence-corrected chi connectivity index (χ4v) is 3.44. The molecule has 0 bridgehead atoms.